The minimum atomic E-state index is -3.72. The van der Waals surface area contributed by atoms with E-state index in [-0.39, 0.29) is 4.90 Å². The molecule has 0 aromatic heterocycles. The number of carbonyl (C=O) groups is 1. The lowest BCUT2D eigenvalue weighted by Gasteiger charge is -2.17. The van der Waals surface area contributed by atoms with Crippen molar-refractivity contribution < 1.29 is 18.3 Å². The minimum Gasteiger partial charge on any atom is -0.549 e. The molecule has 2 aromatic rings. The predicted octanol–water partition coefficient (Wildman–Crippen LogP) is 1.36. The van der Waals surface area contributed by atoms with Crippen LogP contribution in [0.3, 0.4) is 0 Å². The molecular weight excluding hydrogens is 414 g/mol. The Balaban J connectivity index is 0.000000187. The van der Waals surface area contributed by atoms with Crippen LogP contribution >= 0.6 is 0 Å². The summed E-state index contributed by atoms with van der Waals surface area (Å²) < 4.78 is 22.4. The number of nitrogens with one attached hydrogen (secondary N) is 2. The summed E-state index contributed by atoms with van der Waals surface area (Å²) in [6.45, 7) is 3.06. The molecule has 0 saturated carbocycles. The first kappa shape index (κ1) is 22.6. The summed E-state index contributed by atoms with van der Waals surface area (Å²) in [6.07, 6.45) is 5.84. The fourth-order valence-electron chi connectivity index (χ4n) is 3.26. The van der Waals surface area contributed by atoms with Gasteiger partial charge < -0.3 is 20.5 Å². The molecule has 2 aliphatic rings. The molecule has 0 aliphatic carbocycles. The molecule has 31 heavy (non-hydrogen) atoms. The molecule has 164 valence electrons. The Morgan fingerprint density at radius 1 is 0.935 bits per heavy atom. The Bertz CT molecular complexity index is 1000. The summed E-state index contributed by atoms with van der Waals surface area (Å²) in [5, 5.41) is 16.9. The van der Waals surface area contributed by atoms with Gasteiger partial charge in [-0.05, 0) is 37.0 Å². The third-order valence-corrected chi connectivity index (χ3v) is 6.43. The van der Waals surface area contributed by atoms with Crippen molar-refractivity contribution in [2.45, 2.75) is 24.2 Å². The lowest BCUT2D eigenvalue weighted by Crippen LogP contribution is -2.30. The first-order chi connectivity index (χ1) is 15.0. The molecular formula is C23H26N3O4S-. The quantitative estimate of drug-likeness (QED) is 0.726. The maximum absolute atomic E-state index is 11.2. The second-order valence-corrected chi connectivity index (χ2v) is 9.21. The molecule has 2 N–H and O–H groups in total. The van der Waals surface area contributed by atoms with Crippen LogP contribution < -0.4 is 15.7 Å². The van der Waals surface area contributed by atoms with E-state index in [1.54, 1.807) is 6.07 Å². The van der Waals surface area contributed by atoms with E-state index < -0.39 is 21.6 Å². The third kappa shape index (κ3) is 6.68. The van der Waals surface area contributed by atoms with Crippen LogP contribution in [0, 0.1) is 0 Å². The average molecular weight is 441 g/mol. The van der Waals surface area contributed by atoms with Gasteiger partial charge in [0.1, 0.15) is 5.84 Å². The number of amidine groups is 1. The number of hydrogen-bond donors (Lipinski definition) is 2. The highest BCUT2D eigenvalue weighted by Crippen LogP contribution is 2.17. The molecule has 0 radical (unpaired) electrons. The van der Waals surface area contributed by atoms with Crippen molar-refractivity contribution in [3.8, 4) is 0 Å². The van der Waals surface area contributed by atoms with Crippen molar-refractivity contribution in [2.24, 2.45) is 4.99 Å². The smallest absolute Gasteiger partial charge is 0.183 e. The summed E-state index contributed by atoms with van der Waals surface area (Å²) in [6, 6.07) is 16.1. The number of aliphatic imine (C=N–C) groups is 1. The maximum Gasteiger partial charge on any atom is 0.183 e. The van der Waals surface area contributed by atoms with E-state index in [0.29, 0.717) is 0 Å². The fraction of sp³-hybridized carbons (Fsp3) is 0.304. The van der Waals surface area contributed by atoms with Gasteiger partial charge in [0.15, 0.2) is 9.84 Å². The number of aliphatic carboxylic acids is 1. The number of allylic oxidation sites excluding steroid dienone is 1. The Morgan fingerprint density at radius 3 is 2.19 bits per heavy atom. The monoisotopic (exact) mass is 440 g/mol. The van der Waals surface area contributed by atoms with Gasteiger partial charge in [-0.3, -0.25) is 4.99 Å². The van der Waals surface area contributed by atoms with Crippen LogP contribution in [-0.2, 0) is 14.6 Å². The van der Waals surface area contributed by atoms with Crippen molar-refractivity contribution in [3.63, 3.8) is 0 Å². The van der Waals surface area contributed by atoms with Gasteiger partial charge in [0.05, 0.1) is 16.6 Å². The molecule has 0 atom stereocenters. The first-order valence-corrected chi connectivity index (χ1v) is 11.9. The molecule has 0 bridgehead atoms. The normalized spacial score (nSPS) is 15.9. The highest BCUT2D eigenvalue weighted by molar-refractivity contribution is 7.92. The van der Waals surface area contributed by atoms with Gasteiger partial charge in [0.2, 0.25) is 0 Å². The van der Waals surface area contributed by atoms with E-state index in [1.165, 1.54) is 53.9 Å². The van der Waals surface area contributed by atoms with Crippen molar-refractivity contribution in [1.29, 1.82) is 0 Å². The van der Waals surface area contributed by atoms with Crippen LogP contribution in [0.4, 0.5) is 0 Å². The molecule has 0 unspecified atom stereocenters. The van der Waals surface area contributed by atoms with Gasteiger partial charge in [-0.15, -0.1) is 0 Å². The maximum atomic E-state index is 11.2. The zero-order valence-corrected chi connectivity index (χ0v) is 18.0. The molecule has 2 aromatic carbocycles. The lowest BCUT2D eigenvalue weighted by molar-refractivity contribution is -0.301. The van der Waals surface area contributed by atoms with Gasteiger partial charge in [-0.2, -0.15) is 0 Å². The van der Waals surface area contributed by atoms with Gasteiger partial charge in [-0.1, -0.05) is 48.5 Å². The van der Waals surface area contributed by atoms with E-state index in [4.69, 9.17) is 0 Å². The summed E-state index contributed by atoms with van der Waals surface area (Å²) >= 11 is 0. The zero-order chi connectivity index (χ0) is 22.1. The Morgan fingerprint density at radius 2 is 1.61 bits per heavy atom. The van der Waals surface area contributed by atoms with Gasteiger partial charge in [0, 0.05) is 30.9 Å². The number of rotatable bonds is 5. The van der Waals surface area contributed by atoms with E-state index >= 15 is 0 Å². The van der Waals surface area contributed by atoms with Crippen LogP contribution in [0.25, 0.3) is 5.70 Å². The molecule has 2 aliphatic heterocycles. The molecule has 0 saturated heterocycles. The van der Waals surface area contributed by atoms with Gasteiger partial charge >= 0.3 is 0 Å². The van der Waals surface area contributed by atoms with Crippen molar-refractivity contribution in [3.05, 3.63) is 71.8 Å². The number of carbonyl (C=O) groups excluding carboxylic acids is 1. The molecule has 8 heteroatoms. The van der Waals surface area contributed by atoms with E-state index in [0.717, 1.165) is 31.9 Å². The van der Waals surface area contributed by atoms with E-state index in [9.17, 15) is 18.3 Å². The van der Waals surface area contributed by atoms with Crippen LogP contribution in [0.5, 0.6) is 0 Å². The molecule has 2 heterocycles. The largest absolute Gasteiger partial charge is 0.549 e. The number of carboxylic acids is 1. The fourth-order valence-corrected chi connectivity index (χ4v) is 4.31. The first-order valence-electron chi connectivity index (χ1n) is 10.3. The predicted molar refractivity (Wildman–Crippen MR) is 119 cm³/mol. The Kier molecular flexibility index (Phi) is 7.83. The van der Waals surface area contributed by atoms with Crippen molar-refractivity contribution in [2.75, 3.05) is 25.4 Å². The van der Waals surface area contributed by atoms with E-state index in [1.807, 2.05) is 0 Å². The summed E-state index contributed by atoms with van der Waals surface area (Å²) in [5.41, 5.74) is 3.73. The number of hydrogen-bond acceptors (Lipinski definition) is 7. The highest BCUT2D eigenvalue weighted by Gasteiger charge is 2.13. The number of benzene rings is 2. The molecule has 0 fully saturated rings. The summed E-state index contributed by atoms with van der Waals surface area (Å²) in [5.74, 6) is -1.53. The summed E-state index contributed by atoms with van der Waals surface area (Å²) in [7, 11) is -3.72. The zero-order valence-electron chi connectivity index (χ0n) is 17.2. The highest BCUT2D eigenvalue weighted by atomic mass is 32.2. The van der Waals surface area contributed by atoms with Crippen LogP contribution in [-0.4, -0.2) is 45.6 Å². The molecule has 0 amide bonds. The molecule has 7 nitrogen and oxygen atoms in total. The third-order valence-electron chi connectivity index (χ3n) is 4.82. The second kappa shape index (κ2) is 10.8. The Labute approximate surface area is 182 Å². The average Bonchev–Trinajstić information content (AvgIpc) is 2.81. The number of nitrogens with zero attached hydrogens (tertiary/aromatic N) is 1. The molecule has 4 rings (SSSR count). The lowest BCUT2D eigenvalue weighted by atomic mass is 10.0. The Hall–Kier alpha value is -3.13. The standard InChI is InChI=1S/C15H19N3.C8H8O4S/c1-2-9-16-14(4-1)12-5-7-13(8-6-12)15-17-10-3-11-18-15;9-8(10)6-13(11,12)7-4-2-1-3-5-7/h4-8,16H,1-3,9-11H2,(H,17,18);1-5H,6H2,(H,9,10)/p-1. The number of sulfone groups is 1. The van der Waals surface area contributed by atoms with Crippen LogP contribution in [0.15, 0.2) is 70.6 Å². The van der Waals surface area contributed by atoms with Gasteiger partial charge in [-0.25, -0.2) is 8.42 Å². The summed E-state index contributed by atoms with van der Waals surface area (Å²) in [4.78, 5) is 14.6. The van der Waals surface area contributed by atoms with Crippen LogP contribution in [0.2, 0.25) is 0 Å². The van der Waals surface area contributed by atoms with Crippen molar-refractivity contribution >= 4 is 27.3 Å². The number of carboxylic acid groups (broad SMARTS) is 1. The second-order valence-electron chi connectivity index (χ2n) is 7.22. The SMILES string of the molecule is C1=C(c2ccc(C3=NCCCN3)cc2)NCCC1.O=C([O-])CS(=O)(=O)c1ccccc1. The minimum absolute atomic E-state index is 0.000741. The molecule has 0 spiro atoms. The van der Waals surface area contributed by atoms with Gasteiger partial charge in [0.25, 0.3) is 0 Å². The van der Waals surface area contributed by atoms with Crippen molar-refractivity contribution in [1.82, 2.24) is 10.6 Å². The topological polar surface area (TPSA) is 111 Å². The van der Waals surface area contributed by atoms with E-state index in [2.05, 4.69) is 46.0 Å². The van der Waals surface area contributed by atoms with Crippen LogP contribution in [0.1, 0.15) is 30.4 Å².